The third kappa shape index (κ3) is 3.99. The largest absolute Gasteiger partial charge is 0.337 e. The lowest BCUT2D eigenvalue weighted by atomic mass is 10.0. The number of hydrogen-bond acceptors (Lipinski definition) is 4. The van der Waals surface area contributed by atoms with Crippen LogP contribution in [-0.2, 0) is 4.79 Å². The van der Waals surface area contributed by atoms with E-state index < -0.39 is 0 Å². The van der Waals surface area contributed by atoms with Crippen molar-refractivity contribution in [3.05, 3.63) is 32.7 Å². The molecule has 3 heterocycles. The first-order valence-electron chi connectivity index (χ1n) is 7.74. The van der Waals surface area contributed by atoms with E-state index in [9.17, 15) is 14.4 Å². The van der Waals surface area contributed by atoms with Gasteiger partial charge in [0.05, 0.1) is 16.6 Å². The lowest BCUT2D eigenvalue weighted by molar-refractivity contribution is -0.135. The highest BCUT2D eigenvalue weighted by Crippen LogP contribution is 2.19. The average molecular weight is 420 g/mol. The van der Waals surface area contributed by atoms with Crippen molar-refractivity contribution in [2.24, 2.45) is 0 Å². The van der Waals surface area contributed by atoms with Gasteiger partial charge in [-0.05, 0) is 34.8 Å². The highest BCUT2D eigenvalue weighted by Gasteiger charge is 2.32. The fraction of sp³-hybridized carbons (Fsp3) is 0.533. The monoisotopic (exact) mass is 418 g/mol. The number of halogens is 2. The molecule has 3 rings (SSSR count). The molecule has 7 nitrogen and oxygen atoms in total. The highest BCUT2D eigenvalue weighted by atomic mass is 79.9. The van der Waals surface area contributed by atoms with Crippen LogP contribution in [0.2, 0.25) is 0 Å². The third-order valence-corrected chi connectivity index (χ3v) is 4.94. The van der Waals surface area contributed by atoms with Gasteiger partial charge in [0.2, 0.25) is 5.91 Å². The minimum absolute atomic E-state index is 0. The van der Waals surface area contributed by atoms with E-state index in [0.717, 1.165) is 19.4 Å². The van der Waals surface area contributed by atoms with Crippen LogP contribution in [0.25, 0.3) is 0 Å². The molecule has 132 valence electrons. The summed E-state index contributed by atoms with van der Waals surface area (Å²) >= 11 is 3.15. The Hall–Kier alpha value is -1.38. The number of likely N-dealkylation sites (tertiary alicyclic amines) is 1. The number of hydrogen-bond donors (Lipinski definition) is 2. The van der Waals surface area contributed by atoms with Crippen LogP contribution in [0.5, 0.6) is 0 Å². The van der Waals surface area contributed by atoms with Gasteiger partial charge in [-0.2, -0.15) is 0 Å². The van der Waals surface area contributed by atoms with Gasteiger partial charge in [0.15, 0.2) is 0 Å². The van der Waals surface area contributed by atoms with Gasteiger partial charge in [0, 0.05) is 38.4 Å². The van der Waals surface area contributed by atoms with Gasteiger partial charge in [0.1, 0.15) is 0 Å². The van der Waals surface area contributed by atoms with E-state index in [0.29, 0.717) is 36.2 Å². The van der Waals surface area contributed by atoms with E-state index in [2.05, 4.69) is 26.2 Å². The predicted octanol–water partition coefficient (Wildman–Crippen LogP) is 0.596. The summed E-state index contributed by atoms with van der Waals surface area (Å²) in [5, 5.41) is 3.06. The van der Waals surface area contributed by atoms with Gasteiger partial charge in [-0.1, -0.05) is 0 Å². The van der Waals surface area contributed by atoms with Crippen LogP contribution in [0.3, 0.4) is 0 Å². The van der Waals surface area contributed by atoms with E-state index in [1.54, 1.807) is 11.0 Å². The van der Waals surface area contributed by atoms with Crippen LogP contribution in [0.15, 0.2) is 21.5 Å². The van der Waals surface area contributed by atoms with E-state index in [1.807, 2.05) is 4.90 Å². The van der Waals surface area contributed by atoms with Gasteiger partial charge >= 0.3 is 0 Å². The normalized spacial score (nSPS) is 21.4. The molecule has 0 aromatic carbocycles. The van der Waals surface area contributed by atoms with E-state index in [4.69, 9.17) is 0 Å². The van der Waals surface area contributed by atoms with Crippen molar-refractivity contribution in [1.29, 1.82) is 0 Å². The molecule has 2 aliphatic heterocycles. The number of nitrogens with one attached hydrogen (secondary N) is 2. The zero-order chi connectivity index (χ0) is 16.4. The van der Waals surface area contributed by atoms with Gasteiger partial charge < -0.3 is 20.1 Å². The molecule has 0 radical (unpaired) electrons. The smallest absolute Gasteiger partial charge is 0.262 e. The standard InChI is InChI=1S/C15H19BrN4O3.ClH/c16-12-6-10(7-18-14(12)22)15(23)19-4-1-2-11(9-19)20-5-3-17-8-13(20)21;/h6-7,11,17H,1-5,8-9H2,(H,18,22);1H. The molecular weight excluding hydrogens is 400 g/mol. The number of piperazine rings is 1. The van der Waals surface area contributed by atoms with Crippen molar-refractivity contribution in [2.45, 2.75) is 18.9 Å². The first-order valence-corrected chi connectivity index (χ1v) is 8.53. The third-order valence-electron chi connectivity index (χ3n) is 4.36. The Bertz CT molecular complexity index is 681. The molecule has 0 bridgehead atoms. The fourth-order valence-corrected chi connectivity index (χ4v) is 3.52. The van der Waals surface area contributed by atoms with Crippen LogP contribution >= 0.6 is 28.3 Å². The van der Waals surface area contributed by atoms with Crippen molar-refractivity contribution >= 4 is 40.2 Å². The number of aromatic amines is 1. The first-order chi connectivity index (χ1) is 11.1. The first kappa shape index (κ1) is 19.0. The SMILES string of the molecule is Cl.O=C(c1c[nH]c(=O)c(Br)c1)N1CCCC(N2CCNCC2=O)C1. The quantitative estimate of drug-likeness (QED) is 0.735. The van der Waals surface area contributed by atoms with Crippen LogP contribution in [0.1, 0.15) is 23.2 Å². The zero-order valence-electron chi connectivity index (χ0n) is 13.1. The summed E-state index contributed by atoms with van der Waals surface area (Å²) < 4.78 is 0.342. The fourth-order valence-electron chi connectivity index (χ4n) is 3.16. The molecule has 9 heteroatoms. The molecule has 0 spiro atoms. The van der Waals surface area contributed by atoms with E-state index >= 15 is 0 Å². The Morgan fingerprint density at radius 1 is 1.29 bits per heavy atom. The summed E-state index contributed by atoms with van der Waals surface area (Å²) in [6.07, 6.45) is 3.23. The Kier molecular flexibility index (Phi) is 6.42. The minimum Gasteiger partial charge on any atom is -0.337 e. The molecule has 0 saturated carbocycles. The number of H-pyrrole nitrogens is 1. The number of carbonyl (C=O) groups is 2. The zero-order valence-corrected chi connectivity index (χ0v) is 15.5. The number of nitrogens with zero attached hydrogens (tertiary/aromatic N) is 2. The average Bonchev–Trinajstić information content (AvgIpc) is 2.57. The summed E-state index contributed by atoms with van der Waals surface area (Å²) in [6, 6.07) is 1.62. The Balaban J connectivity index is 0.00000208. The molecule has 2 fully saturated rings. The number of pyridine rings is 1. The van der Waals surface area contributed by atoms with Gasteiger partial charge in [-0.15, -0.1) is 12.4 Å². The molecule has 2 saturated heterocycles. The predicted molar refractivity (Wildman–Crippen MR) is 95.5 cm³/mol. The maximum Gasteiger partial charge on any atom is 0.262 e. The molecular formula is C15H20BrClN4O3. The summed E-state index contributed by atoms with van der Waals surface area (Å²) in [4.78, 5) is 42.3. The molecule has 2 N–H and O–H groups in total. The van der Waals surface area contributed by atoms with E-state index in [1.165, 1.54) is 6.20 Å². The van der Waals surface area contributed by atoms with Crippen LogP contribution in [0.4, 0.5) is 0 Å². The number of piperidine rings is 1. The number of carbonyl (C=O) groups excluding carboxylic acids is 2. The summed E-state index contributed by atoms with van der Waals surface area (Å²) in [5.41, 5.74) is 0.188. The number of amides is 2. The van der Waals surface area contributed by atoms with Gasteiger partial charge in [-0.25, -0.2) is 0 Å². The molecule has 1 aromatic rings. The summed E-state index contributed by atoms with van der Waals surface area (Å²) in [6.45, 7) is 3.07. The highest BCUT2D eigenvalue weighted by molar-refractivity contribution is 9.10. The lowest BCUT2D eigenvalue weighted by Crippen LogP contribution is -2.57. The molecule has 24 heavy (non-hydrogen) atoms. The van der Waals surface area contributed by atoms with Crippen molar-refractivity contribution in [2.75, 3.05) is 32.7 Å². The van der Waals surface area contributed by atoms with Crippen LogP contribution in [-0.4, -0.2) is 65.4 Å². The van der Waals surface area contributed by atoms with Gasteiger partial charge in [0.25, 0.3) is 11.5 Å². The van der Waals surface area contributed by atoms with Crippen LogP contribution in [0, 0.1) is 0 Å². The Morgan fingerprint density at radius 3 is 2.79 bits per heavy atom. The van der Waals surface area contributed by atoms with Crippen LogP contribution < -0.4 is 10.9 Å². The number of rotatable bonds is 2. The summed E-state index contributed by atoms with van der Waals surface area (Å²) in [5.74, 6) is -0.0171. The molecule has 2 aliphatic rings. The van der Waals surface area contributed by atoms with Crippen molar-refractivity contribution in [3.8, 4) is 0 Å². The maximum atomic E-state index is 12.6. The topological polar surface area (TPSA) is 85.5 Å². The summed E-state index contributed by atoms with van der Waals surface area (Å²) in [7, 11) is 0. The Morgan fingerprint density at radius 2 is 2.08 bits per heavy atom. The van der Waals surface area contributed by atoms with E-state index in [-0.39, 0.29) is 35.8 Å². The Labute approximate surface area is 154 Å². The second-order valence-corrected chi connectivity index (χ2v) is 6.73. The van der Waals surface area contributed by atoms with Crippen molar-refractivity contribution in [1.82, 2.24) is 20.1 Å². The molecule has 1 unspecified atom stereocenters. The molecule has 1 aromatic heterocycles. The van der Waals surface area contributed by atoms with Crippen molar-refractivity contribution in [3.63, 3.8) is 0 Å². The second-order valence-electron chi connectivity index (χ2n) is 5.88. The van der Waals surface area contributed by atoms with Gasteiger partial charge in [-0.3, -0.25) is 14.4 Å². The maximum absolute atomic E-state index is 12.6. The van der Waals surface area contributed by atoms with Crippen molar-refractivity contribution < 1.29 is 9.59 Å². The molecule has 0 aliphatic carbocycles. The molecule has 1 atom stereocenters. The number of aromatic nitrogens is 1. The molecule has 2 amide bonds. The second kappa shape index (κ2) is 8.13. The lowest BCUT2D eigenvalue weighted by Gasteiger charge is -2.41. The minimum atomic E-state index is -0.260.